The summed E-state index contributed by atoms with van der Waals surface area (Å²) < 4.78 is 5.33. The van der Waals surface area contributed by atoms with Crippen molar-refractivity contribution in [2.24, 2.45) is 0 Å². The Bertz CT molecular complexity index is 747. The molecule has 0 saturated carbocycles. The lowest BCUT2D eigenvalue weighted by Crippen LogP contribution is -2.31. The quantitative estimate of drug-likeness (QED) is 0.881. The Morgan fingerprint density at radius 3 is 2.45 bits per heavy atom. The van der Waals surface area contributed by atoms with Crippen molar-refractivity contribution in [1.29, 1.82) is 0 Å². The number of ether oxygens (including phenoxy) is 1. The van der Waals surface area contributed by atoms with Crippen LogP contribution in [0.4, 0.5) is 5.69 Å². The van der Waals surface area contributed by atoms with E-state index in [1.165, 1.54) is 11.3 Å². The number of hydrogen-bond acceptors (Lipinski definition) is 5. The largest absolute Gasteiger partial charge is 0.502 e. The molecule has 2 heterocycles. The van der Waals surface area contributed by atoms with Crippen molar-refractivity contribution in [1.82, 2.24) is 0 Å². The lowest BCUT2D eigenvalue weighted by atomic mass is 10.2. The number of imide groups is 1. The molecule has 5 nitrogen and oxygen atoms in total. The van der Waals surface area contributed by atoms with Crippen LogP contribution in [0.5, 0.6) is 5.75 Å². The highest BCUT2D eigenvalue weighted by Gasteiger charge is 2.40. The number of amides is 2. The van der Waals surface area contributed by atoms with Crippen LogP contribution in [0.3, 0.4) is 0 Å². The van der Waals surface area contributed by atoms with Crippen molar-refractivity contribution in [3.8, 4) is 5.75 Å². The second-order valence-corrected chi connectivity index (χ2v) is 5.52. The second-order valence-electron chi connectivity index (χ2n) is 4.57. The Morgan fingerprint density at radius 1 is 1.14 bits per heavy atom. The fourth-order valence-corrected chi connectivity index (χ4v) is 3.02. The zero-order valence-electron chi connectivity index (χ0n) is 11.8. The van der Waals surface area contributed by atoms with Gasteiger partial charge < -0.3 is 9.84 Å². The summed E-state index contributed by atoms with van der Waals surface area (Å²) in [4.78, 5) is 26.2. The summed E-state index contributed by atoms with van der Waals surface area (Å²) in [5, 5.41) is 11.8. The predicted octanol–water partition coefficient (Wildman–Crippen LogP) is 2.99. The van der Waals surface area contributed by atoms with E-state index in [0.717, 1.165) is 4.90 Å². The van der Waals surface area contributed by atoms with Gasteiger partial charge in [0.15, 0.2) is 5.76 Å². The van der Waals surface area contributed by atoms with E-state index in [1.54, 1.807) is 41.8 Å². The van der Waals surface area contributed by atoms with Gasteiger partial charge in [-0.3, -0.25) is 9.59 Å². The van der Waals surface area contributed by atoms with Crippen LogP contribution in [0.1, 0.15) is 11.8 Å². The molecule has 1 N–H and O–H groups in total. The Hall–Kier alpha value is -2.60. The number of carbonyl (C=O) groups is 2. The molecule has 22 heavy (non-hydrogen) atoms. The van der Waals surface area contributed by atoms with Crippen molar-refractivity contribution in [3.63, 3.8) is 0 Å². The molecule has 1 aliphatic rings. The van der Waals surface area contributed by atoms with Gasteiger partial charge in [0.25, 0.3) is 5.91 Å². The molecule has 1 aromatic carbocycles. The number of aliphatic hydroxyl groups is 1. The van der Waals surface area contributed by atoms with E-state index in [0.29, 0.717) is 22.9 Å². The Balaban J connectivity index is 1.94. The molecule has 2 aromatic rings. The molecule has 112 valence electrons. The molecule has 0 fully saturated rings. The third-order valence-electron chi connectivity index (χ3n) is 3.23. The number of nitrogens with zero attached hydrogens (tertiary/aromatic N) is 1. The summed E-state index contributed by atoms with van der Waals surface area (Å²) in [5.41, 5.74) is 0.449. The molecule has 1 aromatic heterocycles. The Kier molecular flexibility index (Phi) is 3.68. The lowest BCUT2D eigenvalue weighted by molar-refractivity contribution is -0.121. The van der Waals surface area contributed by atoms with E-state index in [2.05, 4.69) is 0 Å². The molecule has 0 saturated heterocycles. The number of thiophene rings is 1. The highest BCUT2D eigenvalue weighted by molar-refractivity contribution is 7.11. The first kappa shape index (κ1) is 14.3. The SMILES string of the molecule is CCOc1ccc(N2C(=O)C(O)=C(c3cccs3)C2=O)cc1. The fraction of sp³-hybridized carbons (Fsp3) is 0.125. The molecule has 0 spiro atoms. The number of rotatable bonds is 4. The summed E-state index contributed by atoms with van der Waals surface area (Å²) in [5.74, 6) is -1.09. The van der Waals surface area contributed by atoms with Gasteiger partial charge in [0.05, 0.1) is 12.3 Å². The summed E-state index contributed by atoms with van der Waals surface area (Å²) >= 11 is 1.30. The number of carbonyl (C=O) groups excluding carboxylic acids is 2. The van der Waals surface area contributed by atoms with E-state index in [-0.39, 0.29) is 5.57 Å². The van der Waals surface area contributed by atoms with Crippen LogP contribution in [0.2, 0.25) is 0 Å². The molecule has 0 atom stereocenters. The fourth-order valence-electron chi connectivity index (χ4n) is 2.25. The number of hydrogen-bond donors (Lipinski definition) is 1. The van der Waals surface area contributed by atoms with Crippen LogP contribution in [-0.2, 0) is 9.59 Å². The van der Waals surface area contributed by atoms with Crippen molar-refractivity contribution in [2.45, 2.75) is 6.92 Å². The third kappa shape index (κ3) is 2.27. The molecule has 3 rings (SSSR count). The minimum Gasteiger partial charge on any atom is -0.502 e. The maximum absolute atomic E-state index is 12.5. The van der Waals surface area contributed by atoms with Gasteiger partial charge in [0.1, 0.15) is 11.3 Å². The van der Waals surface area contributed by atoms with E-state index < -0.39 is 17.6 Å². The van der Waals surface area contributed by atoms with Gasteiger partial charge in [-0.05, 0) is 42.6 Å². The summed E-state index contributed by atoms with van der Waals surface area (Å²) in [7, 11) is 0. The van der Waals surface area contributed by atoms with E-state index >= 15 is 0 Å². The van der Waals surface area contributed by atoms with Crippen molar-refractivity contribution < 1.29 is 19.4 Å². The highest BCUT2D eigenvalue weighted by Crippen LogP contribution is 2.34. The van der Waals surface area contributed by atoms with Crippen molar-refractivity contribution >= 4 is 34.4 Å². The minimum absolute atomic E-state index is 0.0499. The van der Waals surface area contributed by atoms with Gasteiger partial charge in [-0.15, -0.1) is 11.3 Å². The standard InChI is InChI=1S/C16H13NO4S/c1-2-21-11-7-5-10(6-8-11)17-15(19)13(14(18)16(17)20)12-4-3-9-22-12/h3-9,18H,2H2,1H3. The van der Waals surface area contributed by atoms with Gasteiger partial charge in [0.2, 0.25) is 0 Å². The second kappa shape index (κ2) is 5.65. The Morgan fingerprint density at radius 2 is 1.86 bits per heavy atom. The smallest absolute Gasteiger partial charge is 0.301 e. The van der Waals surface area contributed by atoms with Crippen LogP contribution in [-0.4, -0.2) is 23.5 Å². The van der Waals surface area contributed by atoms with Crippen LogP contribution >= 0.6 is 11.3 Å². The predicted molar refractivity (Wildman–Crippen MR) is 84.0 cm³/mol. The van der Waals surface area contributed by atoms with E-state index in [4.69, 9.17) is 4.74 Å². The molecule has 0 aliphatic carbocycles. The van der Waals surface area contributed by atoms with Gasteiger partial charge in [0, 0.05) is 4.88 Å². The maximum Gasteiger partial charge on any atom is 0.301 e. The van der Waals surface area contributed by atoms with Crippen LogP contribution in [0.25, 0.3) is 5.57 Å². The van der Waals surface area contributed by atoms with Crippen LogP contribution < -0.4 is 9.64 Å². The first-order chi connectivity index (χ1) is 10.6. The minimum atomic E-state index is -0.711. The number of aliphatic hydroxyl groups excluding tert-OH is 1. The summed E-state index contributed by atoms with van der Waals surface area (Å²) in [6.07, 6.45) is 0. The van der Waals surface area contributed by atoms with Gasteiger partial charge in [-0.1, -0.05) is 6.07 Å². The molecule has 0 bridgehead atoms. The highest BCUT2D eigenvalue weighted by atomic mass is 32.1. The van der Waals surface area contributed by atoms with E-state index in [9.17, 15) is 14.7 Å². The number of benzene rings is 1. The summed E-state index contributed by atoms with van der Waals surface area (Å²) in [6, 6.07) is 10.1. The van der Waals surface area contributed by atoms with Crippen LogP contribution in [0.15, 0.2) is 47.5 Å². The molecular formula is C16H13NO4S. The molecule has 0 radical (unpaired) electrons. The van der Waals surface area contributed by atoms with Gasteiger partial charge in [-0.25, -0.2) is 4.90 Å². The van der Waals surface area contributed by atoms with E-state index in [1.807, 2.05) is 6.92 Å². The molecule has 6 heteroatoms. The van der Waals surface area contributed by atoms with Gasteiger partial charge >= 0.3 is 5.91 Å². The zero-order chi connectivity index (χ0) is 15.7. The zero-order valence-corrected chi connectivity index (χ0v) is 12.6. The number of anilines is 1. The maximum atomic E-state index is 12.5. The van der Waals surface area contributed by atoms with Crippen molar-refractivity contribution in [2.75, 3.05) is 11.5 Å². The first-order valence-electron chi connectivity index (χ1n) is 6.72. The van der Waals surface area contributed by atoms with Crippen molar-refractivity contribution in [3.05, 3.63) is 52.4 Å². The average molecular weight is 315 g/mol. The normalized spacial score (nSPS) is 14.9. The Labute approximate surface area is 131 Å². The molecule has 2 amide bonds. The molecular weight excluding hydrogens is 302 g/mol. The molecule has 1 aliphatic heterocycles. The average Bonchev–Trinajstić information content (AvgIpc) is 3.09. The summed E-state index contributed by atoms with van der Waals surface area (Å²) in [6.45, 7) is 2.41. The topological polar surface area (TPSA) is 66.8 Å². The van der Waals surface area contributed by atoms with Gasteiger partial charge in [-0.2, -0.15) is 0 Å². The third-order valence-corrected chi connectivity index (χ3v) is 4.12. The first-order valence-corrected chi connectivity index (χ1v) is 7.60. The molecule has 0 unspecified atom stereocenters. The lowest BCUT2D eigenvalue weighted by Gasteiger charge is -2.14. The monoisotopic (exact) mass is 315 g/mol. The van der Waals surface area contributed by atoms with Crippen LogP contribution in [0, 0.1) is 0 Å².